The molecule has 0 spiro atoms. The second kappa shape index (κ2) is 4.63. The summed E-state index contributed by atoms with van der Waals surface area (Å²) in [6.45, 7) is 0. The molecule has 0 aliphatic rings. The molecule has 0 aliphatic heterocycles. The van der Waals surface area contributed by atoms with Gasteiger partial charge in [0.05, 0.1) is 10.2 Å². The quantitative estimate of drug-likeness (QED) is 0.645. The molecule has 1 aromatic heterocycles. The zero-order valence-electron chi connectivity index (χ0n) is 6.98. The van der Waals surface area contributed by atoms with Gasteiger partial charge in [0.1, 0.15) is 11.0 Å². The van der Waals surface area contributed by atoms with Gasteiger partial charge in [-0.15, -0.1) is 11.3 Å². The molecular weight excluding hydrogens is 213 g/mol. The van der Waals surface area contributed by atoms with Crippen molar-refractivity contribution in [3.8, 4) is 0 Å². The number of aromatic carboxylic acids is 1. The van der Waals surface area contributed by atoms with E-state index in [0.717, 1.165) is 16.0 Å². The van der Waals surface area contributed by atoms with Gasteiger partial charge < -0.3 is 9.90 Å². The van der Waals surface area contributed by atoms with Crippen LogP contribution in [0.15, 0.2) is 24.3 Å². The van der Waals surface area contributed by atoms with Gasteiger partial charge >= 0.3 is 0 Å². The molecule has 0 bridgehead atoms. The fraction of sp³-hybridized carbons (Fsp3) is 0. The Morgan fingerprint density at radius 3 is 2.69 bits per heavy atom. The van der Waals surface area contributed by atoms with Crippen LogP contribution in [0.4, 0.5) is 0 Å². The first-order valence-corrected chi connectivity index (χ1v) is 4.16. The number of fused-ring (bicyclic) bond motifs is 1. The van der Waals surface area contributed by atoms with Crippen molar-refractivity contribution in [2.24, 2.45) is 0 Å². The van der Waals surface area contributed by atoms with Crippen molar-refractivity contribution in [3.63, 3.8) is 0 Å². The van der Waals surface area contributed by atoms with Crippen LogP contribution in [0.2, 0.25) is 0 Å². The maximum atomic E-state index is 10.4. The first-order valence-electron chi connectivity index (χ1n) is 3.34. The first kappa shape index (κ1) is 11.3. The molecule has 0 N–H and O–H groups in total. The molecule has 1 heterocycles. The SMILES string of the molecule is O=C([O-])c1nc2ccccc2s1.[K]. The zero-order valence-corrected chi connectivity index (χ0v) is 10.9. The van der Waals surface area contributed by atoms with E-state index in [-0.39, 0.29) is 56.4 Å². The second-order valence-electron chi connectivity index (χ2n) is 2.27. The van der Waals surface area contributed by atoms with E-state index in [0.29, 0.717) is 5.52 Å². The molecular formula is C8H4KNO2S-. The van der Waals surface area contributed by atoms with Gasteiger partial charge in [0.15, 0.2) is 0 Å². The summed E-state index contributed by atoms with van der Waals surface area (Å²) in [5.41, 5.74) is 0.710. The maximum absolute atomic E-state index is 10.4. The number of nitrogens with zero attached hydrogens (tertiary/aromatic N) is 1. The average molecular weight is 217 g/mol. The molecule has 0 saturated heterocycles. The van der Waals surface area contributed by atoms with Crippen LogP contribution in [-0.2, 0) is 0 Å². The predicted molar refractivity (Wildman–Crippen MR) is 49.7 cm³/mol. The number of para-hydroxylation sites is 1. The molecule has 0 amide bonds. The van der Waals surface area contributed by atoms with Crippen LogP contribution in [0.25, 0.3) is 10.2 Å². The summed E-state index contributed by atoms with van der Waals surface area (Å²) in [4.78, 5) is 14.3. The fourth-order valence-corrected chi connectivity index (χ4v) is 1.76. The molecule has 0 unspecified atom stereocenters. The van der Waals surface area contributed by atoms with Gasteiger partial charge in [0.2, 0.25) is 0 Å². The van der Waals surface area contributed by atoms with E-state index in [4.69, 9.17) is 0 Å². The molecule has 3 nitrogen and oxygen atoms in total. The van der Waals surface area contributed by atoms with Gasteiger partial charge in [-0.25, -0.2) is 4.98 Å². The largest absolute Gasteiger partial charge is 0.542 e. The Balaban J connectivity index is 0.000000845. The molecule has 2 rings (SSSR count). The van der Waals surface area contributed by atoms with Crippen LogP contribution in [0, 0.1) is 0 Å². The van der Waals surface area contributed by atoms with Gasteiger partial charge in [0.25, 0.3) is 0 Å². The summed E-state index contributed by atoms with van der Waals surface area (Å²) in [6.07, 6.45) is 0. The third-order valence-corrected chi connectivity index (χ3v) is 2.48. The minimum absolute atomic E-state index is 0. The number of benzene rings is 1. The minimum atomic E-state index is -1.21. The third kappa shape index (κ3) is 2.37. The van der Waals surface area contributed by atoms with Crippen LogP contribution < -0.4 is 5.11 Å². The Hall–Kier alpha value is 0.216. The van der Waals surface area contributed by atoms with Gasteiger partial charge in [-0.05, 0) is 12.1 Å². The van der Waals surface area contributed by atoms with Crippen molar-refractivity contribution in [1.82, 2.24) is 4.98 Å². The number of carboxylic acid groups (broad SMARTS) is 1. The molecule has 0 saturated carbocycles. The van der Waals surface area contributed by atoms with E-state index >= 15 is 0 Å². The van der Waals surface area contributed by atoms with E-state index in [1.54, 1.807) is 6.07 Å². The van der Waals surface area contributed by atoms with E-state index in [1.165, 1.54) is 0 Å². The zero-order chi connectivity index (χ0) is 8.55. The number of hydrogen-bond acceptors (Lipinski definition) is 4. The molecule has 0 fully saturated rings. The molecule has 5 heteroatoms. The molecule has 2 aromatic rings. The molecule has 61 valence electrons. The van der Waals surface area contributed by atoms with Gasteiger partial charge in [-0.2, -0.15) is 0 Å². The van der Waals surface area contributed by atoms with E-state index < -0.39 is 5.97 Å². The summed E-state index contributed by atoms with van der Waals surface area (Å²) >= 11 is 1.13. The first-order chi connectivity index (χ1) is 5.77. The van der Waals surface area contributed by atoms with Crippen LogP contribution in [-0.4, -0.2) is 62.3 Å². The second-order valence-corrected chi connectivity index (χ2v) is 3.30. The van der Waals surface area contributed by atoms with E-state index in [2.05, 4.69) is 4.98 Å². The Morgan fingerprint density at radius 1 is 1.38 bits per heavy atom. The fourth-order valence-electron chi connectivity index (χ4n) is 0.960. The number of hydrogen-bond donors (Lipinski definition) is 0. The molecule has 1 aromatic carbocycles. The van der Waals surface area contributed by atoms with Crippen molar-refractivity contribution >= 4 is 78.9 Å². The average Bonchev–Trinajstić information content (AvgIpc) is 2.46. The van der Waals surface area contributed by atoms with Gasteiger partial charge in [-0.1, -0.05) is 12.1 Å². The number of carbonyl (C=O) groups is 1. The summed E-state index contributed by atoms with van der Waals surface area (Å²) in [5.74, 6) is -1.21. The Bertz CT molecular complexity index is 407. The Kier molecular flexibility index (Phi) is 4.02. The summed E-state index contributed by atoms with van der Waals surface area (Å²) in [6, 6.07) is 7.28. The monoisotopic (exact) mass is 217 g/mol. The Labute approximate surface area is 121 Å². The molecule has 0 aliphatic carbocycles. The van der Waals surface area contributed by atoms with Gasteiger partial charge in [0, 0.05) is 51.4 Å². The number of rotatable bonds is 1. The van der Waals surface area contributed by atoms with Crippen molar-refractivity contribution in [2.45, 2.75) is 0 Å². The number of thiazole rings is 1. The minimum Gasteiger partial charge on any atom is -0.542 e. The van der Waals surface area contributed by atoms with Gasteiger partial charge in [-0.3, -0.25) is 0 Å². The van der Waals surface area contributed by atoms with Crippen LogP contribution in [0.1, 0.15) is 9.80 Å². The van der Waals surface area contributed by atoms with Crippen LogP contribution in [0.3, 0.4) is 0 Å². The van der Waals surface area contributed by atoms with Crippen molar-refractivity contribution in [3.05, 3.63) is 29.3 Å². The number of carbonyl (C=O) groups excluding carboxylic acids is 1. The van der Waals surface area contributed by atoms with Crippen LogP contribution >= 0.6 is 11.3 Å². The number of carboxylic acids is 1. The molecule has 13 heavy (non-hydrogen) atoms. The number of aromatic nitrogens is 1. The third-order valence-electron chi connectivity index (χ3n) is 1.47. The van der Waals surface area contributed by atoms with Crippen LogP contribution in [0.5, 0.6) is 0 Å². The summed E-state index contributed by atoms with van der Waals surface area (Å²) < 4.78 is 0.872. The van der Waals surface area contributed by atoms with Crippen molar-refractivity contribution < 1.29 is 9.90 Å². The standard InChI is InChI=1S/C8H5NO2S.K/c10-8(11)7-9-5-3-1-2-4-6(5)12-7;/h1-4H,(H,10,11);/p-1. The predicted octanol–water partition coefficient (Wildman–Crippen LogP) is 0.279. The van der Waals surface area contributed by atoms with E-state index in [9.17, 15) is 9.90 Å². The van der Waals surface area contributed by atoms with Crippen molar-refractivity contribution in [2.75, 3.05) is 0 Å². The smallest absolute Gasteiger partial charge is 0.140 e. The molecule has 0 atom stereocenters. The molecule has 1 radical (unpaired) electrons. The van der Waals surface area contributed by atoms with Crippen molar-refractivity contribution in [1.29, 1.82) is 0 Å². The summed E-state index contributed by atoms with van der Waals surface area (Å²) in [7, 11) is 0. The maximum Gasteiger partial charge on any atom is 0.140 e. The Morgan fingerprint density at radius 2 is 2.08 bits per heavy atom. The van der Waals surface area contributed by atoms with E-state index in [1.807, 2.05) is 18.2 Å². The topological polar surface area (TPSA) is 53.0 Å². The normalized spacial score (nSPS) is 9.54. The summed E-state index contributed by atoms with van der Waals surface area (Å²) in [5, 5.41) is 10.4.